The molecule has 0 aliphatic carbocycles. The van der Waals surface area contributed by atoms with E-state index < -0.39 is 0 Å². The van der Waals surface area contributed by atoms with E-state index in [1.165, 1.54) is 11.6 Å². The second-order valence-electron chi connectivity index (χ2n) is 4.59. The highest BCUT2D eigenvalue weighted by molar-refractivity contribution is 5.80. The van der Waals surface area contributed by atoms with E-state index in [0.717, 1.165) is 11.1 Å². The van der Waals surface area contributed by atoms with Crippen LogP contribution in [0.4, 0.5) is 4.39 Å². The fourth-order valence-corrected chi connectivity index (χ4v) is 2.42. The Morgan fingerprint density at radius 1 is 0.947 bits per heavy atom. The molecular formula is C16H15FN2. The molecule has 0 saturated carbocycles. The Balaban J connectivity index is 2.04. The molecule has 1 aromatic heterocycles. The first-order valence-electron chi connectivity index (χ1n) is 6.30. The molecule has 96 valence electrons. The molecule has 0 aliphatic heterocycles. The molecule has 3 heteroatoms. The van der Waals surface area contributed by atoms with Gasteiger partial charge in [-0.25, -0.2) is 4.39 Å². The monoisotopic (exact) mass is 254 g/mol. The van der Waals surface area contributed by atoms with Gasteiger partial charge in [0.15, 0.2) is 0 Å². The van der Waals surface area contributed by atoms with Gasteiger partial charge in [0.05, 0.1) is 5.52 Å². The fraction of sp³-hybridized carbons (Fsp3) is 0.125. The Morgan fingerprint density at radius 2 is 1.74 bits per heavy atom. The van der Waals surface area contributed by atoms with E-state index in [-0.39, 0.29) is 5.82 Å². The predicted octanol–water partition coefficient (Wildman–Crippen LogP) is 3.29. The van der Waals surface area contributed by atoms with E-state index in [4.69, 9.17) is 5.73 Å². The van der Waals surface area contributed by atoms with Gasteiger partial charge in [-0.1, -0.05) is 30.3 Å². The minimum absolute atomic E-state index is 0.177. The molecule has 3 rings (SSSR count). The maximum atomic E-state index is 13.7. The average Bonchev–Trinajstić information content (AvgIpc) is 2.84. The van der Waals surface area contributed by atoms with Gasteiger partial charge in [-0.15, -0.1) is 0 Å². The van der Waals surface area contributed by atoms with Crippen molar-refractivity contribution < 1.29 is 4.39 Å². The first-order valence-corrected chi connectivity index (χ1v) is 6.30. The van der Waals surface area contributed by atoms with E-state index in [2.05, 4.69) is 6.07 Å². The number of nitrogens with two attached hydrogens (primary N) is 1. The van der Waals surface area contributed by atoms with Gasteiger partial charge in [0.25, 0.3) is 0 Å². The molecule has 0 atom stereocenters. The summed E-state index contributed by atoms with van der Waals surface area (Å²) in [5.41, 5.74) is 8.95. The number of aromatic nitrogens is 1. The fourth-order valence-electron chi connectivity index (χ4n) is 2.42. The molecule has 2 nitrogen and oxygen atoms in total. The van der Waals surface area contributed by atoms with Crippen molar-refractivity contribution in [2.24, 2.45) is 5.73 Å². The lowest BCUT2D eigenvalue weighted by molar-refractivity contribution is 0.639. The largest absolute Gasteiger partial charge is 0.343 e. The average molecular weight is 254 g/mol. The summed E-state index contributed by atoms with van der Waals surface area (Å²) in [4.78, 5) is 0. The van der Waals surface area contributed by atoms with Crippen LogP contribution in [0.1, 0.15) is 11.1 Å². The van der Waals surface area contributed by atoms with Crippen molar-refractivity contribution in [3.63, 3.8) is 0 Å². The molecule has 0 spiro atoms. The number of hydrogen-bond donors (Lipinski definition) is 1. The van der Waals surface area contributed by atoms with Crippen molar-refractivity contribution in [2.75, 3.05) is 0 Å². The lowest BCUT2D eigenvalue weighted by Gasteiger charge is -2.10. The molecule has 3 aromatic rings. The number of nitrogens with zero attached hydrogens (tertiary/aromatic N) is 1. The van der Waals surface area contributed by atoms with Crippen LogP contribution in [0, 0.1) is 5.82 Å². The summed E-state index contributed by atoms with van der Waals surface area (Å²) in [5.74, 6) is -0.177. The van der Waals surface area contributed by atoms with Crippen molar-refractivity contribution in [2.45, 2.75) is 13.1 Å². The predicted molar refractivity (Wildman–Crippen MR) is 75.3 cm³/mol. The van der Waals surface area contributed by atoms with Crippen LogP contribution in [0.3, 0.4) is 0 Å². The first-order chi connectivity index (χ1) is 9.29. The van der Waals surface area contributed by atoms with Crippen LogP contribution in [0.15, 0.2) is 54.7 Å². The van der Waals surface area contributed by atoms with Crippen LogP contribution >= 0.6 is 0 Å². The highest BCUT2D eigenvalue weighted by Crippen LogP contribution is 2.21. The molecule has 0 radical (unpaired) electrons. The summed E-state index contributed by atoms with van der Waals surface area (Å²) in [5, 5.41) is 0.660. The summed E-state index contributed by atoms with van der Waals surface area (Å²) in [6, 6.07) is 15.1. The summed E-state index contributed by atoms with van der Waals surface area (Å²) in [7, 11) is 0. The highest BCUT2D eigenvalue weighted by Gasteiger charge is 2.07. The minimum Gasteiger partial charge on any atom is -0.343 e. The van der Waals surface area contributed by atoms with Gasteiger partial charge in [-0.3, -0.25) is 0 Å². The van der Waals surface area contributed by atoms with Crippen molar-refractivity contribution in [1.82, 2.24) is 4.57 Å². The SMILES string of the molecule is NCc1ccccc1Cn1ccc2c(F)cccc21. The van der Waals surface area contributed by atoms with Crippen molar-refractivity contribution >= 4 is 10.9 Å². The van der Waals surface area contributed by atoms with Gasteiger partial charge in [-0.2, -0.15) is 0 Å². The standard InChI is InChI=1S/C16H15FN2/c17-15-6-3-7-16-14(15)8-9-19(16)11-13-5-2-1-4-12(13)10-18/h1-9H,10-11,18H2. The Labute approximate surface area is 111 Å². The Morgan fingerprint density at radius 3 is 2.53 bits per heavy atom. The van der Waals surface area contributed by atoms with E-state index in [1.54, 1.807) is 6.07 Å². The number of fused-ring (bicyclic) bond motifs is 1. The van der Waals surface area contributed by atoms with Crippen LogP contribution in [-0.4, -0.2) is 4.57 Å². The van der Waals surface area contributed by atoms with E-state index in [1.807, 2.05) is 41.1 Å². The van der Waals surface area contributed by atoms with Crippen molar-refractivity contribution in [1.29, 1.82) is 0 Å². The Hall–Kier alpha value is -2.13. The summed E-state index contributed by atoms with van der Waals surface area (Å²) >= 11 is 0. The van der Waals surface area contributed by atoms with Gasteiger partial charge in [-0.05, 0) is 29.3 Å². The molecule has 0 unspecified atom stereocenters. The van der Waals surface area contributed by atoms with Crippen LogP contribution in [0.5, 0.6) is 0 Å². The lowest BCUT2D eigenvalue weighted by Crippen LogP contribution is -2.05. The highest BCUT2D eigenvalue weighted by atomic mass is 19.1. The van der Waals surface area contributed by atoms with E-state index in [9.17, 15) is 4.39 Å². The normalized spacial score (nSPS) is 11.1. The summed E-state index contributed by atoms with van der Waals surface area (Å²) in [6.07, 6.45) is 1.92. The Bertz CT molecular complexity index is 716. The maximum absolute atomic E-state index is 13.7. The second kappa shape index (κ2) is 4.86. The minimum atomic E-state index is -0.177. The molecule has 0 saturated heterocycles. The van der Waals surface area contributed by atoms with Crippen LogP contribution in [-0.2, 0) is 13.1 Å². The van der Waals surface area contributed by atoms with E-state index >= 15 is 0 Å². The maximum Gasteiger partial charge on any atom is 0.132 e. The molecule has 1 heterocycles. The zero-order valence-corrected chi connectivity index (χ0v) is 10.5. The van der Waals surface area contributed by atoms with Crippen molar-refractivity contribution in [3.8, 4) is 0 Å². The van der Waals surface area contributed by atoms with Gasteiger partial charge < -0.3 is 10.3 Å². The third-order valence-electron chi connectivity index (χ3n) is 3.44. The molecular weight excluding hydrogens is 239 g/mol. The lowest BCUT2D eigenvalue weighted by atomic mass is 10.1. The molecule has 0 bridgehead atoms. The van der Waals surface area contributed by atoms with Crippen LogP contribution < -0.4 is 5.73 Å². The van der Waals surface area contributed by atoms with E-state index in [0.29, 0.717) is 18.5 Å². The number of halogens is 1. The van der Waals surface area contributed by atoms with Crippen LogP contribution in [0.2, 0.25) is 0 Å². The first kappa shape index (κ1) is 11.9. The number of hydrogen-bond acceptors (Lipinski definition) is 1. The molecule has 2 N–H and O–H groups in total. The Kier molecular flexibility index (Phi) is 3.05. The van der Waals surface area contributed by atoms with Gasteiger partial charge in [0, 0.05) is 24.7 Å². The quantitative estimate of drug-likeness (QED) is 0.764. The molecule has 0 fully saturated rings. The molecule has 0 amide bonds. The molecule has 19 heavy (non-hydrogen) atoms. The van der Waals surface area contributed by atoms with Gasteiger partial charge >= 0.3 is 0 Å². The number of rotatable bonds is 3. The zero-order chi connectivity index (χ0) is 13.2. The smallest absolute Gasteiger partial charge is 0.132 e. The zero-order valence-electron chi connectivity index (χ0n) is 10.5. The van der Waals surface area contributed by atoms with Crippen molar-refractivity contribution in [3.05, 3.63) is 71.7 Å². The summed E-state index contributed by atoms with van der Waals surface area (Å²) in [6.45, 7) is 1.23. The third-order valence-corrected chi connectivity index (χ3v) is 3.44. The van der Waals surface area contributed by atoms with Crippen LogP contribution in [0.25, 0.3) is 10.9 Å². The second-order valence-corrected chi connectivity index (χ2v) is 4.59. The summed E-state index contributed by atoms with van der Waals surface area (Å²) < 4.78 is 15.7. The van der Waals surface area contributed by atoms with Gasteiger partial charge in [0.1, 0.15) is 5.82 Å². The molecule has 0 aliphatic rings. The topological polar surface area (TPSA) is 30.9 Å². The van der Waals surface area contributed by atoms with Gasteiger partial charge in [0.2, 0.25) is 0 Å². The number of benzene rings is 2. The third kappa shape index (κ3) is 2.13. The molecule has 2 aromatic carbocycles.